The van der Waals surface area contributed by atoms with Crippen molar-refractivity contribution in [3.63, 3.8) is 0 Å². The van der Waals surface area contributed by atoms with Crippen LogP contribution in [0, 0.1) is 11.3 Å². The zero-order chi connectivity index (χ0) is 16.0. The number of hydrogen-bond acceptors (Lipinski definition) is 4. The number of anilines is 1. The summed E-state index contributed by atoms with van der Waals surface area (Å²) in [5, 5.41) is 13.4. The number of carbonyl (C=O) groups is 2. The maximum absolute atomic E-state index is 13.0. The predicted molar refractivity (Wildman–Crippen MR) is 88.3 cm³/mol. The Morgan fingerprint density at radius 3 is 2.83 bits per heavy atom. The average molecular weight is 334 g/mol. The van der Waals surface area contributed by atoms with Crippen molar-refractivity contribution in [3.05, 3.63) is 16.8 Å². The van der Waals surface area contributed by atoms with Crippen LogP contribution in [0.25, 0.3) is 0 Å². The lowest BCUT2D eigenvalue weighted by Crippen LogP contribution is -2.53. The Labute approximate surface area is 139 Å². The van der Waals surface area contributed by atoms with Gasteiger partial charge in [0, 0.05) is 30.9 Å². The maximum atomic E-state index is 13.0. The molecule has 1 aliphatic carbocycles. The molecule has 0 radical (unpaired) electrons. The molecule has 0 aromatic carbocycles. The molecule has 1 N–H and O–H groups in total. The van der Waals surface area contributed by atoms with E-state index in [0.29, 0.717) is 19.4 Å². The van der Waals surface area contributed by atoms with E-state index in [0.717, 1.165) is 38.0 Å². The van der Waals surface area contributed by atoms with E-state index in [2.05, 4.69) is 0 Å². The maximum Gasteiger partial charge on any atom is 0.235 e. The van der Waals surface area contributed by atoms with Gasteiger partial charge < -0.3 is 14.9 Å². The molecule has 4 rings (SSSR count). The highest BCUT2D eigenvalue weighted by Gasteiger charge is 2.51. The lowest BCUT2D eigenvalue weighted by Gasteiger charge is -2.42. The number of piperidine rings is 1. The lowest BCUT2D eigenvalue weighted by atomic mass is 9.76. The summed E-state index contributed by atoms with van der Waals surface area (Å²) in [6, 6.07) is 1.99. The van der Waals surface area contributed by atoms with Crippen molar-refractivity contribution in [3.8, 4) is 0 Å². The molecule has 1 aromatic heterocycles. The Bertz CT molecular complexity index is 611. The molecular weight excluding hydrogens is 312 g/mol. The van der Waals surface area contributed by atoms with Gasteiger partial charge >= 0.3 is 0 Å². The average Bonchev–Trinajstić information content (AvgIpc) is 3.14. The van der Waals surface area contributed by atoms with E-state index in [-0.39, 0.29) is 23.8 Å². The Hall–Kier alpha value is -1.40. The van der Waals surface area contributed by atoms with Gasteiger partial charge in [-0.25, -0.2) is 0 Å². The minimum atomic E-state index is -0.391. The van der Waals surface area contributed by atoms with Gasteiger partial charge in [0.15, 0.2) is 0 Å². The van der Waals surface area contributed by atoms with E-state index in [1.54, 1.807) is 11.3 Å². The topological polar surface area (TPSA) is 60.9 Å². The zero-order valence-electron chi connectivity index (χ0n) is 13.1. The highest BCUT2D eigenvalue weighted by atomic mass is 32.1. The van der Waals surface area contributed by atoms with E-state index in [9.17, 15) is 14.7 Å². The van der Waals surface area contributed by atoms with E-state index in [1.165, 1.54) is 0 Å². The fourth-order valence-electron chi connectivity index (χ4n) is 4.22. The van der Waals surface area contributed by atoms with Crippen LogP contribution < -0.4 is 4.90 Å². The third kappa shape index (κ3) is 2.48. The highest BCUT2D eigenvalue weighted by molar-refractivity contribution is 7.08. The van der Waals surface area contributed by atoms with Crippen molar-refractivity contribution in [2.45, 2.75) is 38.2 Å². The lowest BCUT2D eigenvalue weighted by molar-refractivity contribution is -0.147. The first-order valence-corrected chi connectivity index (χ1v) is 9.34. The van der Waals surface area contributed by atoms with Crippen molar-refractivity contribution in [1.29, 1.82) is 0 Å². The smallest absolute Gasteiger partial charge is 0.235 e. The predicted octanol–water partition coefficient (Wildman–Crippen LogP) is 1.86. The van der Waals surface area contributed by atoms with E-state index >= 15 is 0 Å². The van der Waals surface area contributed by atoms with Gasteiger partial charge in [-0.3, -0.25) is 9.59 Å². The monoisotopic (exact) mass is 334 g/mol. The highest BCUT2D eigenvalue weighted by Crippen LogP contribution is 2.43. The van der Waals surface area contributed by atoms with Crippen molar-refractivity contribution in [2.24, 2.45) is 11.3 Å². The first kappa shape index (κ1) is 15.1. The van der Waals surface area contributed by atoms with Crippen molar-refractivity contribution in [1.82, 2.24) is 4.90 Å². The molecule has 2 amide bonds. The molecule has 1 saturated carbocycles. The van der Waals surface area contributed by atoms with E-state index in [1.807, 2.05) is 26.6 Å². The van der Waals surface area contributed by atoms with Gasteiger partial charge in [-0.2, -0.15) is 11.3 Å². The van der Waals surface area contributed by atoms with Gasteiger partial charge in [0.1, 0.15) is 0 Å². The molecule has 0 unspecified atom stereocenters. The van der Waals surface area contributed by atoms with Gasteiger partial charge in [-0.05, 0) is 43.6 Å². The number of rotatable bonds is 2. The van der Waals surface area contributed by atoms with E-state index in [4.69, 9.17) is 0 Å². The van der Waals surface area contributed by atoms with Gasteiger partial charge in [-0.15, -0.1) is 0 Å². The molecule has 1 aromatic rings. The molecule has 3 aliphatic rings. The Balaban J connectivity index is 1.48. The van der Waals surface area contributed by atoms with Crippen LogP contribution >= 0.6 is 11.3 Å². The number of aliphatic hydroxyl groups excluding tert-OH is 1. The Morgan fingerprint density at radius 1 is 1.30 bits per heavy atom. The molecule has 5 nitrogen and oxygen atoms in total. The summed E-state index contributed by atoms with van der Waals surface area (Å²) in [6.07, 6.45) is 3.45. The molecule has 0 bridgehead atoms. The van der Waals surface area contributed by atoms with Gasteiger partial charge in [0.25, 0.3) is 0 Å². The van der Waals surface area contributed by atoms with Crippen molar-refractivity contribution in [2.75, 3.05) is 24.5 Å². The van der Waals surface area contributed by atoms with Crippen LogP contribution in [0.5, 0.6) is 0 Å². The third-order valence-electron chi connectivity index (χ3n) is 5.68. The van der Waals surface area contributed by atoms with Gasteiger partial charge in [0.05, 0.1) is 17.2 Å². The summed E-state index contributed by atoms with van der Waals surface area (Å²) in [6.45, 7) is 2.05. The summed E-state index contributed by atoms with van der Waals surface area (Å²) in [5.41, 5.74) is 0.598. The fraction of sp³-hybridized carbons (Fsp3) is 0.647. The number of carbonyl (C=O) groups excluding carboxylic acids is 2. The second-order valence-corrected chi connectivity index (χ2v) is 7.93. The standard InChI is InChI=1S/C17H22N2O3S/c20-14-8-12(9-14)15(21)18-5-1-3-17(11-18)4-6-19(16(17)22)13-2-7-23-10-13/h2,7,10,12,14,20H,1,3-6,8-9,11H2/t12?,14?,17-/m1/s1. The molecule has 1 spiro atoms. The van der Waals surface area contributed by atoms with Crippen LogP contribution in [0.1, 0.15) is 32.1 Å². The van der Waals surface area contributed by atoms with Gasteiger partial charge in [0.2, 0.25) is 11.8 Å². The minimum absolute atomic E-state index is 0.0374. The minimum Gasteiger partial charge on any atom is -0.393 e. The normalized spacial score (nSPS) is 34.0. The number of hydrogen-bond donors (Lipinski definition) is 1. The summed E-state index contributed by atoms with van der Waals surface area (Å²) in [4.78, 5) is 29.4. The van der Waals surface area contributed by atoms with Crippen LogP contribution in [0.15, 0.2) is 16.8 Å². The third-order valence-corrected chi connectivity index (χ3v) is 6.35. The van der Waals surface area contributed by atoms with Crippen LogP contribution in [0.2, 0.25) is 0 Å². The molecule has 3 fully saturated rings. The SMILES string of the molecule is O=C(C1CC(O)C1)N1CCC[C@@]2(CCN(c3ccsc3)C2=O)C1. The molecule has 2 aliphatic heterocycles. The first-order valence-electron chi connectivity index (χ1n) is 8.40. The van der Waals surface area contributed by atoms with Crippen LogP contribution in [0.4, 0.5) is 5.69 Å². The van der Waals surface area contributed by atoms with Crippen LogP contribution in [-0.4, -0.2) is 47.6 Å². The molecule has 124 valence electrons. The number of nitrogens with zero attached hydrogens (tertiary/aromatic N) is 2. The summed E-state index contributed by atoms with van der Waals surface area (Å²) in [7, 11) is 0. The van der Waals surface area contributed by atoms with Crippen LogP contribution in [-0.2, 0) is 9.59 Å². The van der Waals surface area contributed by atoms with E-state index < -0.39 is 5.41 Å². The quantitative estimate of drug-likeness (QED) is 0.898. The van der Waals surface area contributed by atoms with Crippen molar-refractivity contribution >= 4 is 28.8 Å². The molecule has 1 atom stereocenters. The van der Waals surface area contributed by atoms with Crippen LogP contribution in [0.3, 0.4) is 0 Å². The summed E-state index contributed by atoms with van der Waals surface area (Å²) >= 11 is 1.60. The molecule has 6 heteroatoms. The Morgan fingerprint density at radius 2 is 2.13 bits per heavy atom. The molecule has 23 heavy (non-hydrogen) atoms. The summed E-state index contributed by atoms with van der Waals surface area (Å²) in [5.74, 6) is 0.280. The largest absolute Gasteiger partial charge is 0.393 e. The zero-order valence-corrected chi connectivity index (χ0v) is 13.9. The second-order valence-electron chi connectivity index (χ2n) is 7.15. The Kier molecular flexibility index (Phi) is 3.69. The van der Waals surface area contributed by atoms with Crippen molar-refractivity contribution < 1.29 is 14.7 Å². The molecule has 3 heterocycles. The summed E-state index contributed by atoms with van der Waals surface area (Å²) < 4.78 is 0. The second kappa shape index (κ2) is 5.60. The number of amides is 2. The first-order chi connectivity index (χ1) is 11.1. The number of aliphatic hydroxyl groups is 1. The molecular formula is C17H22N2O3S. The fourth-order valence-corrected chi connectivity index (χ4v) is 4.87. The number of thiophene rings is 1. The van der Waals surface area contributed by atoms with Gasteiger partial charge in [-0.1, -0.05) is 0 Å². The number of likely N-dealkylation sites (tertiary alicyclic amines) is 1. The molecule has 2 saturated heterocycles.